The minimum absolute atomic E-state index is 0.164. The number of thiazole rings is 1. The van der Waals surface area contributed by atoms with Gasteiger partial charge in [-0.15, -0.1) is 11.3 Å². The highest BCUT2D eigenvalue weighted by atomic mass is 32.1. The minimum Gasteiger partial charge on any atom is -0.325 e. The van der Waals surface area contributed by atoms with Crippen LogP contribution in [0.15, 0.2) is 29.6 Å². The van der Waals surface area contributed by atoms with Crippen molar-refractivity contribution in [3.8, 4) is 6.07 Å². The maximum absolute atomic E-state index is 11.8. The van der Waals surface area contributed by atoms with Crippen molar-refractivity contribution in [2.45, 2.75) is 13.3 Å². The lowest BCUT2D eigenvalue weighted by Crippen LogP contribution is -2.15. The number of para-hydroxylation sites is 1. The fourth-order valence-electron chi connectivity index (χ4n) is 1.54. The molecule has 0 saturated heterocycles. The lowest BCUT2D eigenvalue weighted by molar-refractivity contribution is -0.115. The molecule has 90 valence electrons. The smallest absolute Gasteiger partial charge is 0.230 e. The van der Waals surface area contributed by atoms with Crippen molar-refractivity contribution in [3.05, 3.63) is 45.9 Å². The molecule has 2 rings (SSSR count). The first-order valence-electron chi connectivity index (χ1n) is 5.39. The Kier molecular flexibility index (Phi) is 3.70. The third-order valence-corrected chi connectivity index (χ3v) is 3.15. The molecular formula is C13H11N3OS. The zero-order valence-electron chi connectivity index (χ0n) is 9.80. The number of rotatable bonds is 3. The van der Waals surface area contributed by atoms with Gasteiger partial charge in [0.05, 0.1) is 28.4 Å². The van der Waals surface area contributed by atoms with E-state index in [1.807, 2.05) is 18.4 Å². The van der Waals surface area contributed by atoms with Crippen LogP contribution in [0, 0.1) is 18.3 Å². The van der Waals surface area contributed by atoms with E-state index in [4.69, 9.17) is 5.26 Å². The summed E-state index contributed by atoms with van der Waals surface area (Å²) >= 11 is 1.52. The van der Waals surface area contributed by atoms with Crippen LogP contribution in [0.25, 0.3) is 0 Å². The summed E-state index contributed by atoms with van der Waals surface area (Å²) in [5.41, 5.74) is 1.75. The van der Waals surface area contributed by atoms with Gasteiger partial charge in [0.25, 0.3) is 0 Å². The fourth-order valence-corrected chi connectivity index (χ4v) is 2.15. The van der Waals surface area contributed by atoms with Crippen molar-refractivity contribution in [3.63, 3.8) is 0 Å². The molecule has 0 aliphatic rings. The number of nitrogens with zero attached hydrogens (tertiary/aromatic N) is 2. The monoisotopic (exact) mass is 257 g/mol. The van der Waals surface area contributed by atoms with Crippen LogP contribution in [0.4, 0.5) is 5.69 Å². The second kappa shape index (κ2) is 5.43. The van der Waals surface area contributed by atoms with E-state index in [0.717, 1.165) is 10.7 Å². The number of benzene rings is 1. The van der Waals surface area contributed by atoms with Crippen molar-refractivity contribution in [1.82, 2.24) is 4.98 Å². The van der Waals surface area contributed by atoms with Crippen LogP contribution in [-0.4, -0.2) is 10.9 Å². The number of hydrogen-bond donors (Lipinski definition) is 1. The molecule has 5 heteroatoms. The maximum Gasteiger partial charge on any atom is 0.230 e. The van der Waals surface area contributed by atoms with Crippen LogP contribution in [-0.2, 0) is 11.2 Å². The van der Waals surface area contributed by atoms with E-state index in [2.05, 4.69) is 10.3 Å². The van der Waals surface area contributed by atoms with Gasteiger partial charge in [0.2, 0.25) is 5.91 Å². The average Bonchev–Trinajstić information content (AvgIpc) is 2.75. The van der Waals surface area contributed by atoms with Crippen molar-refractivity contribution in [1.29, 1.82) is 5.26 Å². The summed E-state index contributed by atoms with van der Waals surface area (Å²) in [6.07, 6.45) is 0.226. The Morgan fingerprint density at radius 1 is 1.50 bits per heavy atom. The predicted molar refractivity (Wildman–Crippen MR) is 70.3 cm³/mol. The summed E-state index contributed by atoms with van der Waals surface area (Å²) in [5.74, 6) is -0.164. The standard InChI is InChI=1S/C13H11N3OS/c1-9-15-11(8-18-9)6-13(17)16-12-5-3-2-4-10(12)7-14/h2-5,8H,6H2,1H3,(H,16,17). The van der Waals surface area contributed by atoms with E-state index in [-0.39, 0.29) is 12.3 Å². The first-order valence-corrected chi connectivity index (χ1v) is 6.27. The number of amides is 1. The quantitative estimate of drug-likeness (QED) is 0.918. The normalized spacial score (nSPS) is 9.78. The maximum atomic E-state index is 11.8. The van der Waals surface area contributed by atoms with E-state index < -0.39 is 0 Å². The number of nitrogens with one attached hydrogen (secondary N) is 1. The third-order valence-electron chi connectivity index (χ3n) is 2.33. The highest BCUT2D eigenvalue weighted by molar-refractivity contribution is 7.09. The Balaban J connectivity index is 2.06. The topological polar surface area (TPSA) is 65.8 Å². The number of aromatic nitrogens is 1. The molecule has 2 aromatic rings. The van der Waals surface area contributed by atoms with Gasteiger partial charge in [-0.1, -0.05) is 12.1 Å². The second-order valence-electron chi connectivity index (χ2n) is 3.74. The SMILES string of the molecule is Cc1nc(CC(=O)Nc2ccccc2C#N)cs1. The van der Waals surface area contributed by atoms with Crippen LogP contribution in [0.1, 0.15) is 16.3 Å². The van der Waals surface area contributed by atoms with Gasteiger partial charge in [0, 0.05) is 5.38 Å². The Morgan fingerprint density at radius 2 is 2.28 bits per heavy atom. The molecule has 4 nitrogen and oxygen atoms in total. The molecule has 1 aromatic heterocycles. The van der Waals surface area contributed by atoms with E-state index in [0.29, 0.717) is 11.3 Å². The molecular weight excluding hydrogens is 246 g/mol. The van der Waals surface area contributed by atoms with Crippen molar-refractivity contribution in [2.24, 2.45) is 0 Å². The number of hydrogen-bond acceptors (Lipinski definition) is 4. The van der Waals surface area contributed by atoms with E-state index in [1.165, 1.54) is 11.3 Å². The van der Waals surface area contributed by atoms with Gasteiger partial charge in [0.15, 0.2) is 0 Å². The molecule has 0 unspecified atom stereocenters. The Morgan fingerprint density at radius 3 is 2.94 bits per heavy atom. The number of anilines is 1. The summed E-state index contributed by atoms with van der Waals surface area (Å²) in [6.45, 7) is 1.90. The summed E-state index contributed by atoms with van der Waals surface area (Å²) in [5, 5.41) is 14.4. The van der Waals surface area contributed by atoms with Crippen molar-refractivity contribution < 1.29 is 4.79 Å². The van der Waals surface area contributed by atoms with Crippen molar-refractivity contribution in [2.75, 3.05) is 5.32 Å². The molecule has 0 spiro atoms. The van der Waals surface area contributed by atoms with Crippen LogP contribution in [0.2, 0.25) is 0 Å². The van der Waals surface area contributed by atoms with Gasteiger partial charge in [-0.25, -0.2) is 4.98 Å². The van der Waals surface area contributed by atoms with Gasteiger partial charge in [-0.3, -0.25) is 4.79 Å². The van der Waals surface area contributed by atoms with Gasteiger partial charge in [-0.2, -0.15) is 5.26 Å². The molecule has 1 N–H and O–H groups in total. The van der Waals surface area contributed by atoms with Crippen LogP contribution in [0.3, 0.4) is 0 Å². The lowest BCUT2D eigenvalue weighted by atomic mass is 10.2. The lowest BCUT2D eigenvalue weighted by Gasteiger charge is -2.05. The molecule has 0 saturated carbocycles. The van der Waals surface area contributed by atoms with Gasteiger partial charge >= 0.3 is 0 Å². The number of carbonyl (C=O) groups is 1. The summed E-state index contributed by atoms with van der Waals surface area (Å²) in [4.78, 5) is 16.0. The second-order valence-corrected chi connectivity index (χ2v) is 4.80. The average molecular weight is 257 g/mol. The van der Waals surface area contributed by atoms with Gasteiger partial charge < -0.3 is 5.32 Å². The zero-order valence-corrected chi connectivity index (χ0v) is 10.6. The summed E-state index contributed by atoms with van der Waals surface area (Å²) < 4.78 is 0. The molecule has 1 heterocycles. The number of aryl methyl sites for hydroxylation is 1. The largest absolute Gasteiger partial charge is 0.325 e. The van der Waals surface area contributed by atoms with Gasteiger partial charge in [-0.05, 0) is 19.1 Å². The zero-order chi connectivity index (χ0) is 13.0. The molecule has 0 bridgehead atoms. The van der Waals surface area contributed by atoms with Crippen LogP contribution < -0.4 is 5.32 Å². The molecule has 0 fully saturated rings. The van der Waals surface area contributed by atoms with Gasteiger partial charge in [0.1, 0.15) is 6.07 Å². The Hall–Kier alpha value is -2.19. The number of carbonyl (C=O) groups excluding carboxylic acids is 1. The first kappa shape index (κ1) is 12.3. The Labute approximate surface area is 109 Å². The predicted octanol–water partition coefficient (Wildman–Crippen LogP) is 2.50. The minimum atomic E-state index is -0.164. The van der Waals surface area contributed by atoms with E-state index >= 15 is 0 Å². The molecule has 0 atom stereocenters. The molecule has 0 aliphatic heterocycles. The molecule has 0 radical (unpaired) electrons. The molecule has 0 aliphatic carbocycles. The highest BCUT2D eigenvalue weighted by Gasteiger charge is 2.08. The molecule has 1 amide bonds. The summed E-state index contributed by atoms with van der Waals surface area (Å²) in [7, 11) is 0. The number of nitriles is 1. The van der Waals surface area contributed by atoms with Crippen molar-refractivity contribution >= 4 is 22.9 Å². The molecule has 18 heavy (non-hydrogen) atoms. The first-order chi connectivity index (χ1) is 8.69. The Bertz CT molecular complexity index is 613. The van der Waals surface area contributed by atoms with Crippen LogP contribution >= 0.6 is 11.3 Å². The van der Waals surface area contributed by atoms with E-state index in [1.54, 1.807) is 24.3 Å². The summed E-state index contributed by atoms with van der Waals surface area (Å²) in [6, 6.07) is 8.96. The molecule has 1 aromatic carbocycles. The van der Waals surface area contributed by atoms with E-state index in [9.17, 15) is 4.79 Å². The van der Waals surface area contributed by atoms with Crippen LogP contribution in [0.5, 0.6) is 0 Å². The third kappa shape index (κ3) is 2.93. The fraction of sp³-hybridized carbons (Fsp3) is 0.154. The highest BCUT2D eigenvalue weighted by Crippen LogP contribution is 2.14.